The van der Waals surface area contributed by atoms with E-state index in [1.807, 2.05) is 0 Å². The first kappa shape index (κ1) is 24.2. The molecule has 1 aromatic carbocycles. The van der Waals surface area contributed by atoms with Crippen LogP contribution in [0.1, 0.15) is 111 Å². The lowest BCUT2D eigenvalue weighted by molar-refractivity contribution is 0.265. The molecular formula is C26H48N+. The number of hydrogen-bond acceptors (Lipinski definition) is 0. The van der Waals surface area contributed by atoms with Gasteiger partial charge in [-0.2, -0.15) is 0 Å². The van der Waals surface area contributed by atoms with E-state index in [0.29, 0.717) is 0 Å². The number of unbranched alkanes of at least 4 members (excludes halogenated alkanes) is 11. The summed E-state index contributed by atoms with van der Waals surface area (Å²) >= 11 is 0. The summed E-state index contributed by atoms with van der Waals surface area (Å²) in [4.78, 5) is 0. The molecule has 156 valence electrons. The van der Waals surface area contributed by atoms with E-state index in [1.165, 1.54) is 120 Å². The second-order valence-electron chi connectivity index (χ2n) is 8.54. The van der Waals surface area contributed by atoms with Crippen LogP contribution in [0, 0.1) is 0 Å². The van der Waals surface area contributed by atoms with Crippen LogP contribution in [0.3, 0.4) is 0 Å². The van der Waals surface area contributed by atoms with Gasteiger partial charge in [0.25, 0.3) is 0 Å². The predicted octanol–water partition coefficient (Wildman–Crippen LogP) is 8.52. The summed E-state index contributed by atoms with van der Waals surface area (Å²) in [6.07, 6.45) is 19.8. The van der Waals surface area contributed by atoms with Gasteiger partial charge in [-0.05, 0) is 37.8 Å². The maximum Gasteiger partial charge on any atom is 0.132 e. The SMILES string of the molecule is CCCCCCCCCCCCCC[N+](CCC)(CCC)c1ccccc1. The molecule has 0 aliphatic rings. The van der Waals surface area contributed by atoms with Gasteiger partial charge in [-0.15, -0.1) is 0 Å². The molecule has 0 radical (unpaired) electrons. The van der Waals surface area contributed by atoms with Crippen molar-refractivity contribution in [3.05, 3.63) is 30.3 Å². The highest BCUT2D eigenvalue weighted by Gasteiger charge is 2.27. The molecule has 1 nitrogen and oxygen atoms in total. The van der Waals surface area contributed by atoms with E-state index >= 15 is 0 Å². The van der Waals surface area contributed by atoms with Crippen LogP contribution in [0.2, 0.25) is 0 Å². The third-order valence-electron chi connectivity index (χ3n) is 6.05. The average Bonchev–Trinajstić information content (AvgIpc) is 2.69. The van der Waals surface area contributed by atoms with Gasteiger partial charge < -0.3 is 0 Å². The molecule has 1 aromatic rings. The largest absolute Gasteiger partial charge is 0.291 e. The molecule has 0 heterocycles. The molecule has 0 atom stereocenters. The molecule has 0 unspecified atom stereocenters. The molecule has 0 N–H and O–H groups in total. The third-order valence-corrected chi connectivity index (χ3v) is 6.05. The van der Waals surface area contributed by atoms with Gasteiger partial charge in [0, 0.05) is 0 Å². The zero-order valence-electron chi connectivity index (χ0n) is 18.9. The molecule has 0 saturated heterocycles. The summed E-state index contributed by atoms with van der Waals surface area (Å²) in [6, 6.07) is 11.3. The Hall–Kier alpha value is -0.820. The maximum absolute atomic E-state index is 2.35. The number of rotatable bonds is 18. The first-order chi connectivity index (χ1) is 13.3. The van der Waals surface area contributed by atoms with E-state index in [-0.39, 0.29) is 0 Å². The minimum absolute atomic E-state index is 1.20. The van der Waals surface area contributed by atoms with Crippen LogP contribution in [-0.4, -0.2) is 19.6 Å². The highest BCUT2D eigenvalue weighted by molar-refractivity contribution is 5.42. The number of benzene rings is 1. The van der Waals surface area contributed by atoms with Gasteiger partial charge in [0.15, 0.2) is 0 Å². The van der Waals surface area contributed by atoms with Gasteiger partial charge in [0.2, 0.25) is 0 Å². The standard InChI is InChI=1S/C26H48N/c1-4-7-8-9-10-11-12-13-14-15-16-20-25-27(23-5-2,24-6-3)26-21-18-17-19-22-26/h17-19,21-22H,4-16,20,23-25H2,1-3H3/q+1. The van der Waals surface area contributed by atoms with E-state index < -0.39 is 0 Å². The molecular weight excluding hydrogens is 326 g/mol. The molecule has 0 aliphatic heterocycles. The van der Waals surface area contributed by atoms with Crippen molar-refractivity contribution in [2.75, 3.05) is 19.6 Å². The lowest BCUT2D eigenvalue weighted by Gasteiger charge is -2.38. The van der Waals surface area contributed by atoms with Crippen LogP contribution in [0.15, 0.2) is 30.3 Å². The normalized spacial score (nSPS) is 11.8. The van der Waals surface area contributed by atoms with Gasteiger partial charge in [-0.1, -0.05) is 103 Å². The second-order valence-corrected chi connectivity index (χ2v) is 8.54. The lowest BCUT2D eigenvalue weighted by Crippen LogP contribution is -2.51. The predicted molar refractivity (Wildman–Crippen MR) is 124 cm³/mol. The zero-order chi connectivity index (χ0) is 19.6. The van der Waals surface area contributed by atoms with Crippen molar-refractivity contribution in [1.29, 1.82) is 0 Å². The summed E-state index contributed by atoms with van der Waals surface area (Å²) < 4.78 is 1.20. The highest BCUT2D eigenvalue weighted by atomic mass is 15.4. The minimum Gasteiger partial charge on any atom is -0.291 e. The van der Waals surface area contributed by atoms with Crippen molar-refractivity contribution in [2.24, 2.45) is 0 Å². The van der Waals surface area contributed by atoms with Gasteiger partial charge in [-0.25, -0.2) is 0 Å². The van der Waals surface area contributed by atoms with Crippen molar-refractivity contribution in [3.8, 4) is 0 Å². The third kappa shape index (κ3) is 10.3. The van der Waals surface area contributed by atoms with Crippen LogP contribution >= 0.6 is 0 Å². The Kier molecular flexibility index (Phi) is 14.5. The van der Waals surface area contributed by atoms with E-state index in [1.54, 1.807) is 0 Å². The van der Waals surface area contributed by atoms with Crippen molar-refractivity contribution in [3.63, 3.8) is 0 Å². The first-order valence-corrected chi connectivity index (χ1v) is 12.2. The quantitative estimate of drug-likeness (QED) is 0.178. The summed E-state index contributed by atoms with van der Waals surface area (Å²) in [5, 5.41) is 0. The Balaban J connectivity index is 2.22. The molecule has 0 fully saturated rings. The number of hydrogen-bond donors (Lipinski definition) is 0. The van der Waals surface area contributed by atoms with Crippen LogP contribution in [0.25, 0.3) is 0 Å². The summed E-state index contributed by atoms with van der Waals surface area (Å²) in [5.74, 6) is 0. The Morgan fingerprint density at radius 3 is 1.37 bits per heavy atom. The Morgan fingerprint density at radius 1 is 0.481 bits per heavy atom. The smallest absolute Gasteiger partial charge is 0.132 e. The fourth-order valence-corrected chi connectivity index (χ4v) is 4.58. The fraction of sp³-hybridized carbons (Fsp3) is 0.769. The molecule has 0 spiro atoms. The molecule has 0 aliphatic carbocycles. The van der Waals surface area contributed by atoms with E-state index in [0.717, 1.165) is 0 Å². The van der Waals surface area contributed by atoms with E-state index in [9.17, 15) is 0 Å². The van der Waals surface area contributed by atoms with Crippen LogP contribution in [-0.2, 0) is 0 Å². The molecule has 1 heteroatoms. The first-order valence-electron chi connectivity index (χ1n) is 12.2. The number of nitrogens with zero attached hydrogens (tertiary/aromatic N) is 1. The van der Waals surface area contributed by atoms with Crippen molar-refractivity contribution in [2.45, 2.75) is 111 Å². The van der Waals surface area contributed by atoms with Gasteiger partial charge >= 0.3 is 0 Å². The van der Waals surface area contributed by atoms with E-state index in [4.69, 9.17) is 0 Å². The highest BCUT2D eigenvalue weighted by Crippen LogP contribution is 2.25. The van der Waals surface area contributed by atoms with Crippen LogP contribution < -0.4 is 4.48 Å². The van der Waals surface area contributed by atoms with Crippen molar-refractivity contribution < 1.29 is 0 Å². The topological polar surface area (TPSA) is 0 Å². The van der Waals surface area contributed by atoms with Gasteiger partial charge in [-0.3, -0.25) is 4.48 Å². The average molecular weight is 375 g/mol. The number of quaternary nitrogens is 1. The Morgan fingerprint density at radius 2 is 0.926 bits per heavy atom. The monoisotopic (exact) mass is 374 g/mol. The second kappa shape index (κ2) is 16.2. The zero-order valence-corrected chi connectivity index (χ0v) is 18.9. The molecule has 0 amide bonds. The summed E-state index contributed by atoms with van der Waals surface area (Å²) in [7, 11) is 0. The van der Waals surface area contributed by atoms with Crippen molar-refractivity contribution >= 4 is 5.69 Å². The lowest BCUT2D eigenvalue weighted by atomic mass is 10.0. The molecule has 0 saturated carbocycles. The van der Waals surface area contributed by atoms with Crippen molar-refractivity contribution in [1.82, 2.24) is 4.48 Å². The van der Waals surface area contributed by atoms with Crippen LogP contribution in [0.5, 0.6) is 0 Å². The molecule has 0 bridgehead atoms. The van der Waals surface area contributed by atoms with Crippen LogP contribution in [0.4, 0.5) is 5.69 Å². The molecule has 0 aromatic heterocycles. The van der Waals surface area contributed by atoms with Gasteiger partial charge in [0.1, 0.15) is 5.69 Å². The van der Waals surface area contributed by atoms with Gasteiger partial charge in [0.05, 0.1) is 19.6 Å². The maximum atomic E-state index is 2.35. The Labute approximate surface area is 171 Å². The summed E-state index contributed by atoms with van der Waals surface area (Å²) in [6.45, 7) is 10.9. The van der Waals surface area contributed by atoms with E-state index in [2.05, 4.69) is 51.1 Å². The fourth-order valence-electron chi connectivity index (χ4n) is 4.58. The molecule has 27 heavy (non-hydrogen) atoms. The summed E-state index contributed by atoms with van der Waals surface area (Å²) in [5.41, 5.74) is 1.53. The number of para-hydroxylation sites is 1. The Bertz CT molecular complexity index is 419. The minimum atomic E-state index is 1.20. The molecule has 1 rings (SSSR count).